The molecule has 0 spiro atoms. The Bertz CT molecular complexity index is 665. The Balaban J connectivity index is 1.66. The van der Waals surface area contributed by atoms with Gasteiger partial charge in [-0.05, 0) is 43.9 Å². The van der Waals surface area contributed by atoms with Crippen molar-refractivity contribution in [3.8, 4) is 0 Å². The molecule has 0 aliphatic carbocycles. The van der Waals surface area contributed by atoms with Crippen molar-refractivity contribution in [2.24, 2.45) is 0 Å². The zero-order chi connectivity index (χ0) is 13.9. The maximum absolute atomic E-state index is 12.2. The van der Waals surface area contributed by atoms with E-state index in [9.17, 15) is 9.59 Å². The maximum Gasteiger partial charge on any atom is 0.323 e. The lowest BCUT2D eigenvalue weighted by Crippen LogP contribution is -2.20. The molecular weight excluding hydrogens is 256 g/mol. The molecule has 1 atom stereocenters. The van der Waals surface area contributed by atoms with Crippen molar-refractivity contribution in [2.75, 3.05) is 6.61 Å². The molecule has 5 heteroatoms. The summed E-state index contributed by atoms with van der Waals surface area (Å²) in [6, 6.07) is 5.26. The van der Waals surface area contributed by atoms with Crippen molar-refractivity contribution in [1.29, 1.82) is 0 Å². The number of Topliss-reactive ketones (excluding diaryl/α,β-unsaturated/α-hetero) is 1. The highest BCUT2D eigenvalue weighted by molar-refractivity contribution is 5.98. The standard InChI is InChI=1S/C15H18N2O3/c18-14(7-5-11-3-1-2-8-20-11)10-4-6-12-13(9-10)17-15(19)16-12/h4,6,9,11H,1-3,5,7-8H2,(H2,16,17,19). The number of H-pyrrole nitrogens is 2. The second-order valence-electron chi connectivity index (χ2n) is 5.29. The van der Waals surface area contributed by atoms with Gasteiger partial charge in [0.25, 0.3) is 0 Å². The van der Waals surface area contributed by atoms with Crippen LogP contribution in [0.3, 0.4) is 0 Å². The molecule has 2 N–H and O–H groups in total. The summed E-state index contributed by atoms with van der Waals surface area (Å²) < 4.78 is 5.63. The average molecular weight is 274 g/mol. The molecule has 5 nitrogen and oxygen atoms in total. The fraction of sp³-hybridized carbons (Fsp3) is 0.467. The quantitative estimate of drug-likeness (QED) is 0.841. The summed E-state index contributed by atoms with van der Waals surface area (Å²) in [5, 5.41) is 0. The Morgan fingerprint density at radius 2 is 2.10 bits per heavy atom. The first-order valence-electron chi connectivity index (χ1n) is 7.09. The lowest BCUT2D eigenvalue weighted by atomic mass is 10.00. The van der Waals surface area contributed by atoms with Gasteiger partial charge in [0.2, 0.25) is 0 Å². The second kappa shape index (κ2) is 5.63. The Morgan fingerprint density at radius 3 is 2.90 bits per heavy atom. The van der Waals surface area contributed by atoms with Gasteiger partial charge >= 0.3 is 5.69 Å². The van der Waals surface area contributed by atoms with E-state index in [-0.39, 0.29) is 17.6 Å². The van der Waals surface area contributed by atoms with Crippen molar-refractivity contribution in [3.05, 3.63) is 34.2 Å². The number of carbonyl (C=O) groups excluding carboxylic acids is 1. The molecule has 1 unspecified atom stereocenters. The molecule has 1 aliphatic heterocycles. The van der Waals surface area contributed by atoms with Crippen LogP contribution in [0.1, 0.15) is 42.5 Å². The molecule has 0 bridgehead atoms. The van der Waals surface area contributed by atoms with Crippen LogP contribution in [-0.2, 0) is 4.74 Å². The van der Waals surface area contributed by atoms with Gasteiger partial charge in [0.1, 0.15) is 0 Å². The number of carbonyl (C=O) groups is 1. The third-order valence-corrected chi connectivity index (χ3v) is 3.81. The zero-order valence-electron chi connectivity index (χ0n) is 11.3. The molecule has 0 radical (unpaired) electrons. The highest BCUT2D eigenvalue weighted by Gasteiger charge is 2.16. The molecule has 1 fully saturated rings. The van der Waals surface area contributed by atoms with E-state index in [1.54, 1.807) is 18.2 Å². The molecule has 106 valence electrons. The van der Waals surface area contributed by atoms with Gasteiger partial charge < -0.3 is 14.7 Å². The molecule has 0 saturated carbocycles. The Labute approximate surface area is 116 Å². The van der Waals surface area contributed by atoms with Crippen LogP contribution in [0.15, 0.2) is 23.0 Å². The number of aromatic amines is 2. The van der Waals surface area contributed by atoms with E-state index in [0.29, 0.717) is 17.5 Å². The number of rotatable bonds is 4. The van der Waals surface area contributed by atoms with Crippen LogP contribution in [0.5, 0.6) is 0 Å². The van der Waals surface area contributed by atoms with E-state index in [1.807, 2.05) is 0 Å². The van der Waals surface area contributed by atoms with Gasteiger partial charge in [0.15, 0.2) is 5.78 Å². The fourth-order valence-electron chi connectivity index (χ4n) is 2.68. The number of ketones is 1. The molecule has 3 rings (SSSR count). The molecule has 1 aromatic heterocycles. The van der Waals surface area contributed by atoms with Gasteiger partial charge in [0.05, 0.1) is 17.1 Å². The number of nitrogens with one attached hydrogen (secondary N) is 2. The van der Waals surface area contributed by atoms with Gasteiger partial charge in [-0.3, -0.25) is 4.79 Å². The monoisotopic (exact) mass is 274 g/mol. The van der Waals surface area contributed by atoms with E-state index in [4.69, 9.17) is 4.74 Å². The third-order valence-electron chi connectivity index (χ3n) is 3.81. The predicted molar refractivity (Wildman–Crippen MR) is 76.1 cm³/mol. The predicted octanol–water partition coefficient (Wildman–Crippen LogP) is 2.39. The first-order chi connectivity index (χ1) is 9.72. The summed E-state index contributed by atoms with van der Waals surface area (Å²) in [7, 11) is 0. The lowest BCUT2D eigenvalue weighted by Gasteiger charge is -2.22. The number of benzene rings is 1. The number of hydrogen-bond acceptors (Lipinski definition) is 3. The summed E-state index contributed by atoms with van der Waals surface area (Å²) in [5.41, 5.74) is 1.79. The Hall–Kier alpha value is -1.88. The number of ether oxygens (including phenoxy) is 1. The van der Waals surface area contributed by atoms with Crippen LogP contribution in [0.2, 0.25) is 0 Å². The SMILES string of the molecule is O=C(CCC1CCCCO1)c1ccc2[nH]c(=O)[nH]c2c1. The van der Waals surface area contributed by atoms with Gasteiger partial charge in [-0.1, -0.05) is 0 Å². The van der Waals surface area contributed by atoms with Crippen molar-refractivity contribution >= 4 is 16.8 Å². The summed E-state index contributed by atoms with van der Waals surface area (Å²) in [4.78, 5) is 28.7. The van der Waals surface area contributed by atoms with E-state index in [0.717, 1.165) is 31.4 Å². The minimum Gasteiger partial charge on any atom is -0.378 e. The summed E-state index contributed by atoms with van der Waals surface area (Å²) in [6.07, 6.45) is 4.86. The van der Waals surface area contributed by atoms with Crippen LogP contribution in [0.4, 0.5) is 0 Å². The minimum atomic E-state index is -0.250. The summed E-state index contributed by atoms with van der Waals surface area (Å²) in [6.45, 7) is 0.815. The van der Waals surface area contributed by atoms with E-state index < -0.39 is 0 Å². The maximum atomic E-state index is 12.2. The topological polar surface area (TPSA) is 75.0 Å². The third kappa shape index (κ3) is 2.82. The number of aromatic nitrogens is 2. The van der Waals surface area contributed by atoms with Gasteiger partial charge in [-0.2, -0.15) is 0 Å². The van der Waals surface area contributed by atoms with Crippen LogP contribution in [-0.4, -0.2) is 28.5 Å². The summed E-state index contributed by atoms with van der Waals surface area (Å²) >= 11 is 0. The van der Waals surface area contributed by atoms with Crippen LogP contribution < -0.4 is 5.69 Å². The largest absolute Gasteiger partial charge is 0.378 e. The van der Waals surface area contributed by atoms with Crippen molar-refractivity contribution in [3.63, 3.8) is 0 Å². The molecule has 1 aromatic carbocycles. The Kier molecular flexibility index (Phi) is 3.69. The highest BCUT2D eigenvalue weighted by atomic mass is 16.5. The Morgan fingerprint density at radius 1 is 1.25 bits per heavy atom. The second-order valence-corrected chi connectivity index (χ2v) is 5.29. The molecule has 1 aliphatic rings. The normalized spacial score (nSPS) is 19.3. The highest BCUT2D eigenvalue weighted by Crippen LogP contribution is 2.19. The van der Waals surface area contributed by atoms with Gasteiger partial charge in [-0.25, -0.2) is 4.79 Å². The van der Waals surface area contributed by atoms with Crippen LogP contribution in [0.25, 0.3) is 11.0 Å². The first kappa shape index (κ1) is 13.1. The fourth-order valence-corrected chi connectivity index (χ4v) is 2.68. The van der Waals surface area contributed by atoms with E-state index >= 15 is 0 Å². The van der Waals surface area contributed by atoms with E-state index in [1.165, 1.54) is 6.42 Å². The smallest absolute Gasteiger partial charge is 0.323 e. The molecule has 20 heavy (non-hydrogen) atoms. The van der Waals surface area contributed by atoms with Crippen molar-refractivity contribution < 1.29 is 9.53 Å². The molecular formula is C15H18N2O3. The number of hydrogen-bond donors (Lipinski definition) is 2. The molecule has 0 amide bonds. The molecule has 2 aromatic rings. The van der Waals surface area contributed by atoms with E-state index in [2.05, 4.69) is 9.97 Å². The summed E-state index contributed by atoms with van der Waals surface area (Å²) in [5.74, 6) is 0.100. The van der Waals surface area contributed by atoms with Gasteiger partial charge in [0, 0.05) is 18.6 Å². The molecule has 2 heterocycles. The number of fused-ring (bicyclic) bond motifs is 1. The minimum absolute atomic E-state index is 0.100. The van der Waals surface area contributed by atoms with Gasteiger partial charge in [-0.15, -0.1) is 0 Å². The van der Waals surface area contributed by atoms with Crippen molar-refractivity contribution in [2.45, 2.75) is 38.2 Å². The number of imidazole rings is 1. The van der Waals surface area contributed by atoms with Crippen molar-refractivity contribution in [1.82, 2.24) is 9.97 Å². The van der Waals surface area contributed by atoms with Crippen LogP contribution >= 0.6 is 0 Å². The van der Waals surface area contributed by atoms with Crippen LogP contribution in [0, 0.1) is 0 Å². The lowest BCUT2D eigenvalue weighted by molar-refractivity contribution is 0.0104. The first-order valence-corrected chi connectivity index (χ1v) is 7.09. The molecule has 1 saturated heterocycles. The zero-order valence-corrected chi connectivity index (χ0v) is 11.3. The average Bonchev–Trinajstić information content (AvgIpc) is 2.85.